The van der Waals surface area contributed by atoms with Crippen molar-refractivity contribution >= 4 is 21.5 Å². The third-order valence-corrected chi connectivity index (χ3v) is 5.85. The minimum absolute atomic E-state index is 0.0375. The molecule has 2 N–H and O–H groups in total. The molecule has 146 valence electrons. The summed E-state index contributed by atoms with van der Waals surface area (Å²) in [6, 6.07) is 10.4. The van der Waals surface area contributed by atoms with Crippen LogP contribution in [0.5, 0.6) is 5.75 Å². The number of anilines is 2. The topological polar surface area (TPSA) is 80.3 Å². The molecule has 0 saturated heterocycles. The highest BCUT2D eigenvalue weighted by molar-refractivity contribution is 7.92. The average Bonchev–Trinajstić information content (AvgIpc) is 2.64. The van der Waals surface area contributed by atoms with Gasteiger partial charge in [0.25, 0.3) is 10.0 Å². The van der Waals surface area contributed by atoms with Crippen LogP contribution in [0.4, 0.5) is 11.5 Å². The zero-order chi connectivity index (χ0) is 19.3. The molecule has 6 nitrogen and oxygen atoms in total. The van der Waals surface area contributed by atoms with Gasteiger partial charge in [-0.05, 0) is 63.1 Å². The number of hydrogen-bond donors (Lipinski definition) is 2. The number of rotatable bonds is 7. The van der Waals surface area contributed by atoms with Crippen LogP contribution in [0.3, 0.4) is 0 Å². The van der Waals surface area contributed by atoms with Gasteiger partial charge in [0.05, 0.1) is 22.9 Å². The lowest BCUT2D eigenvalue weighted by atomic mass is 9.95. The Morgan fingerprint density at radius 2 is 1.74 bits per heavy atom. The fourth-order valence-electron chi connectivity index (χ4n) is 3.19. The van der Waals surface area contributed by atoms with E-state index in [2.05, 4.69) is 15.0 Å². The van der Waals surface area contributed by atoms with Gasteiger partial charge in [0.1, 0.15) is 11.6 Å². The van der Waals surface area contributed by atoms with Crippen molar-refractivity contribution in [3.05, 3.63) is 42.6 Å². The Morgan fingerprint density at radius 1 is 1.04 bits per heavy atom. The van der Waals surface area contributed by atoms with Crippen LogP contribution in [0.2, 0.25) is 0 Å². The van der Waals surface area contributed by atoms with Crippen molar-refractivity contribution < 1.29 is 13.2 Å². The van der Waals surface area contributed by atoms with Gasteiger partial charge in [-0.1, -0.05) is 19.3 Å². The summed E-state index contributed by atoms with van der Waals surface area (Å²) >= 11 is 0. The fraction of sp³-hybridized carbons (Fsp3) is 0.450. The smallest absolute Gasteiger partial charge is 0.263 e. The number of aromatic nitrogens is 1. The van der Waals surface area contributed by atoms with Crippen LogP contribution in [0.25, 0.3) is 0 Å². The van der Waals surface area contributed by atoms with Crippen LogP contribution in [-0.4, -0.2) is 25.5 Å². The molecule has 0 atom stereocenters. The fourth-order valence-corrected chi connectivity index (χ4v) is 4.20. The summed E-state index contributed by atoms with van der Waals surface area (Å²) in [6.45, 7) is 3.84. The molecule has 27 heavy (non-hydrogen) atoms. The summed E-state index contributed by atoms with van der Waals surface area (Å²) in [5, 5.41) is 3.47. The first-order chi connectivity index (χ1) is 12.9. The number of benzene rings is 1. The molecule has 1 saturated carbocycles. The van der Waals surface area contributed by atoms with Crippen molar-refractivity contribution in [1.82, 2.24) is 4.98 Å². The van der Waals surface area contributed by atoms with E-state index in [9.17, 15) is 8.42 Å². The van der Waals surface area contributed by atoms with E-state index in [-0.39, 0.29) is 11.0 Å². The Bertz CT molecular complexity index is 828. The molecule has 0 bridgehead atoms. The summed E-state index contributed by atoms with van der Waals surface area (Å²) in [7, 11) is -3.69. The molecule has 3 rings (SSSR count). The first-order valence-corrected chi connectivity index (χ1v) is 10.9. The standard InChI is InChI=1S/C20H27N3O3S/c1-15(2)26-18-9-11-19(12-10-18)27(24,25)23-20-13-8-17(14-21-20)22-16-6-4-3-5-7-16/h8-16,22H,3-7H2,1-2H3,(H,21,23). The highest BCUT2D eigenvalue weighted by Crippen LogP contribution is 2.23. The van der Waals surface area contributed by atoms with Crippen LogP contribution in [0.15, 0.2) is 47.5 Å². The largest absolute Gasteiger partial charge is 0.491 e. The van der Waals surface area contributed by atoms with Gasteiger partial charge in [-0.25, -0.2) is 13.4 Å². The molecule has 7 heteroatoms. The van der Waals surface area contributed by atoms with Crippen LogP contribution in [0, 0.1) is 0 Å². The average molecular weight is 390 g/mol. The molecule has 0 spiro atoms. The predicted octanol–water partition coefficient (Wildman–Crippen LogP) is 4.41. The van der Waals surface area contributed by atoms with Crippen molar-refractivity contribution in [2.24, 2.45) is 0 Å². The summed E-state index contributed by atoms with van der Waals surface area (Å²) in [4.78, 5) is 4.41. The molecule has 0 radical (unpaired) electrons. The maximum atomic E-state index is 12.5. The van der Waals surface area contributed by atoms with Gasteiger partial charge in [-0.3, -0.25) is 4.72 Å². The Morgan fingerprint density at radius 3 is 2.33 bits per heavy atom. The maximum absolute atomic E-state index is 12.5. The predicted molar refractivity (Wildman–Crippen MR) is 108 cm³/mol. The van der Waals surface area contributed by atoms with E-state index >= 15 is 0 Å². The van der Waals surface area contributed by atoms with Crippen molar-refractivity contribution in [3.63, 3.8) is 0 Å². The molecule has 1 aromatic carbocycles. The lowest BCUT2D eigenvalue weighted by molar-refractivity contribution is 0.242. The Labute approximate surface area is 161 Å². The molecule has 0 aliphatic heterocycles. The monoisotopic (exact) mass is 389 g/mol. The van der Waals surface area contributed by atoms with Crippen LogP contribution < -0.4 is 14.8 Å². The molecular weight excluding hydrogens is 362 g/mol. The molecular formula is C20H27N3O3S. The van der Waals surface area contributed by atoms with E-state index in [0.717, 1.165) is 5.69 Å². The van der Waals surface area contributed by atoms with E-state index in [1.165, 1.54) is 44.2 Å². The van der Waals surface area contributed by atoms with Crippen LogP contribution in [0.1, 0.15) is 46.0 Å². The number of nitrogens with zero attached hydrogens (tertiary/aromatic N) is 1. The third-order valence-electron chi connectivity index (χ3n) is 4.48. The highest BCUT2D eigenvalue weighted by atomic mass is 32.2. The van der Waals surface area contributed by atoms with Crippen LogP contribution in [-0.2, 0) is 10.0 Å². The number of sulfonamides is 1. The molecule has 0 unspecified atom stereocenters. The number of nitrogens with one attached hydrogen (secondary N) is 2. The van der Waals surface area contributed by atoms with Gasteiger partial charge in [-0.2, -0.15) is 0 Å². The zero-order valence-electron chi connectivity index (χ0n) is 15.8. The zero-order valence-corrected chi connectivity index (χ0v) is 16.6. The Kier molecular flexibility index (Phi) is 6.21. The second-order valence-corrected chi connectivity index (χ2v) is 8.84. The lowest BCUT2D eigenvalue weighted by Gasteiger charge is -2.23. The molecule has 1 fully saturated rings. The molecule has 1 aliphatic carbocycles. The van der Waals surface area contributed by atoms with Gasteiger partial charge in [0.2, 0.25) is 0 Å². The van der Waals surface area contributed by atoms with E-state index in [1.807, 2.05) is 19.9 Å². The summed E-state index contributed by atoms with van der Waals surface area (Å²) in [6.07, 6.45) is 7.87. The summed E-state index contributed by atoms with van der Waals surface area (Å²) in [5.41, 5.74) is 0.917. The number of pyridine rings is 1. The normalized spacial score (nSPS) is 15.5. The summed E-state index contributed by atoms with van der Waals surface area (Å²) in [5.74, 6) is 0.937. The first kappa shape index (κ1) is 19.5. The lowest BCUT2D eigenvalue weighted by Crippen LogP contribution is -2.22. The van der Waals surface area contributed by atoms with Gasteiger partial charge < -0.3 is 10.1 Å². The van der Waals surface area contributed by atoms with Gasteiger partial charge in [-0.15, -0.1) is 0 Å². The number of ether oxygens (including phenoxy) is 1. The Balaban J connectivity index is 1.63. The summed E-state index contributed by atoms with van der Waals surface area (Å²) < 4.78 is 33.1. The second kappa shape index (κ2) is 8.61. The first-order valence-electron chi connectivity index (χ1n) is 9.44. The van der Waals surface area contributed by atoms with Crippen molar-refractivity contribution in [3.8, 4) is 5.75 Å². The van der Waals surface area contributed by atoms with Gasteiger partial charge >= 0.3 is 0 Å². The van der Waals surface area contributed by atoms with Crippen molar-refractivity contribution in [2.75, 3.05) is 10.0 Å². The second-order valence-electron chi connectivity index (χ2n) is 7.15. The SMILES string of the molecule is CC(C)Oc1ccc(S(=O)(=O)Nc2ccc(NC3CCCCC3)cn2)cc1. The van der Waals surface area contributed by atoms with Crippen molar-refractivity contribution in [2.45, 2.75) is 63.0 Å². The Hall–Kier alpha value is -2.28. The molecule has 0 amide bonds. The highest BCUT2D eigenvalue weighted by Gasteiger charge is 2.16. The molecule has 1 heterocycles. The van der Waals surface area contributed by atoms with E-state index in [1.54, 1.807) is 24.4 Å². The molecule has 2 aromatic rings. The van der Waals surface area contributed by atoms with E-state index < -0.39 is 10.0 Å². The van der Waals surface area contributed by atoms with Crippen molar-refractivity contribution in [1.29, 1.82) is 0 Å². The van der Waals surface area contributed by atoms with Gasteiger partial charge in [0, 0.05) is 6.04 Å². The molecule has 1 aliphatic rings. The number of hydrogen-bond acceptors (Lipinski definition) is 5. The minimum atomic E-state index is -3.69. The maximum Gasteiger partial charge on any atom is 0.263 e. The third kappa shape index (κ3) is 5.60. The molecule has 1 aromatic heterocycles. The van der Waals surface area contributed by atoms with E-state index in [0.29, 0.717) is 17.6 Å². The quantitative estimate of drug-likeness (QED) is 0.733. The van der Waals surface area contributed by atoms with E-state index in [4.69, 9.17) is 4.74 Å². The van der Waals surface area contributed by atoms with Gasteiger partial charge in [0.15, 0.2) is 0 Å². The minimum Gasteiger partial charge on any atom is -0.491 e. The van der Waals surface area contributed by atoms with Crippen LogP contribution >= 0.6 is 0 Å².